The van der Waals surface area contributed by atoms with E-state index in [9.17, 15) is 17.6 Å². The summed E-state index contributed by atoms with van der Waals surface area (Å²) in [5.74, 6) is -0.865. The molecule has 0 aliphatic rings. The van der Waals surface area contributed by atoms with Gasteiger partial charge in [0, 0.05) is 0 Å². The highest BCUT2D eigenvalue weighted by molar-refractivity contribution is 5.85. The molecule has 1 aromatic carbocycles. The fraction of sp³-hybridized carbons (Fsp3) is 0.222. The Morgan fingerprint density at radius 3 is 2.31 bits per heavy atom. The summed E-state index contributed by atoms with van der Waals surface area (Å²) < 4.78 is 49.3. The number of nitrogens with zero attached hydrogens (tertiary/aromatic N) is 1. The molecule has 1 rings (SSSR count). The molecule has 16 heavy (non-hydrogen) atoms. The monoisotopic (exact) mass is 254 g/mol. The van der Waals surface area contributed by atoms with E-state index in [1.54, 1.807) is 0 Å². The zero-order valence-electron chi connectivity index (χ0n) is 7.75. The van der Waals surface area contributed by atoms with Crippen molar-refractivity contribution < 1.29 is 17.6 Å². The van der Waals surface area contributed by atoms with Gasteiger partial charge < -0.3 is 5.73 Å². The lowest BCUT2D eigenvalue weighted by molar-refractivity contribution is -0.149. The van der Waals surface area contributed by atoms with Crippen LogP contribution in [0, 0.1) is 17.1 Å². The van der Waals surface area contributed by atoms with Gasteiger partial charge in [0.05, 0.1) is 5.56 Å². The van der Waals surface area contributed by atoms with Gasteiger partial charge in [0.15, 0.2) is 0 Å². The molecule has 7 heteroatoms. The molecular formula is C9H7ClF4N2. The average Bonchev–Trinajstić information content (AvgIpc) is 2.16. The van der Waals surface area contributed by atoms with Crippen LogP contribution < -0.4 is 5.73 Å². The number of hydrogen-bond donors (Lipinski definition) is 1. The Morgan fingerprint density at radius 2 is 1.88 bits per heavy atom. The van der Waals surface area contributed by atoms with Crippen LogP contribution in [-0.2, 0) is 0 Å². The van der Waals surface area contributed by atoms with Crippen molar-refractivity contribution in [2.45, 2.75) is 12.2 Å². The average molecular weight is 255 g/mol. The van der Waals surface area contributed by atoms with E-state index in [-0.39, 0.29) is 18.0 Å². The first-order chi connectivity index (χ1) is 6.86. The lowest BCUT2D eigenvalue weighted by Crippen LogP contribution is -2.28. The van der Waals surface area contributed by atoms with Crippen LogP contribution in [0.3, 0.4) is 0 Å². The van der Waals surface area contributed by atoms with E-state index < -0.39 is 23.6 Å². The summed E-state index contributed by atoms with van der Waals surface area (Å²) in [6.45, 7) is 0. The minimum absolute atomic E-state index is 0. The molecule has 0 aliphatic carbocycles. The van der Waals surface area contributed by atoms with E-state index in [4.69, 9.17) is 11.0 Å². The van der Waals surface area contributed by atoms with Gasteiger partial charge in [-0.2, -0.15) is 18.4 Å². The second-order valence-electron chi connectivity index (χ2n) is 2.87. The van der Waals surface area contributed by atoms with Gasteiger partial charge in [-0.1, -0.05) is 6.07 Å². The number of alkyl halides is 3. The molecule has 0 spiro atoms. The standard InChI is InChI=1S/C9H6F4N2.ClH/c10-7-2-1-5(3-6(7)4-14)8(15)9(11,12)13;/h1-3,8H,15H2;1H/t8-;/m0./s1. The maximum absolute atomic E-state index is 12.8. The summed E-state index contributed by atoms with van der Waals surface area (Å²) in [4.78, 5) is 0. The van der Waals surface area contributed by atoms with Crippen molar-refractivity contribution >= 4 is 12.4 Å². The van der Waals surface area contributed by atoms with Crippen molar-refractivity contribution in [1.82, 2.24) is 0 Å². The number of rotatable bonds is 1. The van der Waals surface area contributed by atoms with E-state index in [0.29, 0.717) is 0 Å². The third kappa shape index (κ3) is 3.08. The third-order valence-electron chi connectivity index (χ3n) is 1.82. The SMILES string of the molecule is Cl.N#Cc1cc([C@H](N)C(F)(F)F)ccc1F. The first-order valence-electron chi connectivity index (χ1n) is 3.88. The Hall–Kier alpha value is -1.32. The second kappa shape index (κ2) is 5.14. The number of nitriles is 1. The van der Waals surface area contributed by atoms with Crippen molar-refractivity contribution in [2.24, 2.45) is 5.73 Å². The Balaban J connectivity index is 0.00000225. The number of benzene rings is 1. The summed E-state index contributed by atoms with van der Waals surface area (Å²) in [5.41, 5.74) is 4.10. The molecule has 0 heterocycles. The smallest absolute Gasteiger partial charge is 0.316 e. The van der Waals surface area contributed by atoms with E-state index in [1.807, 2.05) is 0 Å². The summed E-state index contributed by atoms with van der Waals surface area (Å²) in [6.07, 6.45) is -4.61. The first kappa shape index (κ1) is 14.7. The Labute approximate surface area is 95.1 Å². The molecule has 1 atom stereocenters. The highest BCUT2D eigenvalue weighted by Crippen LogP contribution is 2.30. The number of halogens is 5. The molecule has 88 valence electrons. The molecule has 0 saturated carbocycles. The van der Waals surface area contributed by atoms with E-state index in [1.165, 1.54) is 6.07 Å². The minimum atomic E-state index is -4.61. The highest BCUT2D eigenvalue weighted by Gasteiger charge is 2.38. The summed E-state index contributed by atoms with van der Waals surface area (Å²) in [7, 11) is 0. The van der Waals surface area contributed by atoms with Crippen LogP contribution in [-0.4, -0.2) is 6.18 Å². The van der Waals surface area contributed by atoms with Crippen molar-refractivity contribution in [3.05, 3.63) is 35.1 Å². The molecule has 0 bridgehead atoms. The first-order valence-corrected chi connectivity index (χ1v) is 3.88. The predicted octanol–water partition coefficient (Wildman–Crippen LogP) is 2.68. The Bertz CT molecular complexity index is 411. The predicted molar refractivity (Wildman–Crippen MR) is 51.3 cm³/mol. The van der Waals surface area contributed by atoms with Gasteiger partial charge in [0.1, 0.15) is 17.9 Å². The summed E-state index contributed by atoms with van der Waals surface area (Å²) in [6, 6.07) is 1.74. The van der Waals surface area contributed by atoms with Gasteiger partial charge in [0.25, 0.3) is 0 Å². The highest BCUT2D eigenvalue weighted by atomic mass is 35.5. The van der Waals surface area contributed by atoms with Crippen molar-refractivity contribution in [3.8, 4) is 6.07 Å². The van der Waals surface area contributed by atoms with Gasteiger partial charge in [-0.15, -0.1) is 12.4 Å². The lowest BCUT2D eigenvalue weighted by atomic mass is 10.0. The molecule has 0 aromatic heterocycles. The van der Waals surface area contributed by atoms with Crippen LogP contribution in [0.1, 0.15) is 17.2 Å². The molecule has 0 unspecified atom stereocenters. The zero-order valence-corrected chi connectivity index (χ0v) is 8.57. The zero-order chi connectivity index (χ0) is 11.6. The molecular weight excluding hydrogens is 248 g/mol. The molecule has 2 nitrogen and oxygen atoms in total. The van der Waals surface area contributed by atoms with Crippen LogP contribution in [0.4, 0.5) is 17.6 Å². The van der Waals surface area contributed by atoms with Crippen molar-refractivity contribution in [2.75, 3.05) is 0 Å². The molecule has 0 fully saturated rings. The fourth-order valence-electron chi connectivity index (χ4n) is 1.01. The summed E-state index contributed by atoms with van der Waals surface area (Å²) >= 11 is 0. The van der Waals surface area contributed by atoms with Crippen LogP contribution in [0.15, 0.2) is 18.2 Å². The van der Waals surface area contributed by atoms with Gasteiger partial charge in [-0.25, -0.2) is 4.39 Å². The maximum atomic E-state index is 12.8. The van der Waals surface area contributed by atoms with Crippen LogP contribution >= 0.6 is 12.4 Å². The normalized spacial score (nSPS) is 12.5. The van der Waals surface area contributed by atoms with E-state index in [0.717, 1.165) is 18.2 Å². The van der Waals surface area contributed by atoms with Gasteiger partial charge in [0.2, 0.25) is 0 Å². The molecule has 0 radical (unpaired) electrons. The molecule has 0 aliphatic heterocycles. The molecule has 0 saturated heterocycles. The molecule has 0 amide bonds. The molecule has 2 N–H and O–H groups in total. The van der Waals surface area contributed by atoms with Crippen molar-refractivity contribution in [1.29, 1.82) is 5.26 Å². The topological polar surface area (TPSA) is 49.8 Å². The third-order valence-corrected chi connectivity index (χ3v) is 1.82. The summed E-state index contributed by atoms with van der Waals surface area (Å²) in [5, 5.41) is 8.42. The van der Waals surface area contributed by atoms with Crippen LogP contribution in [0.25, 0.3) is 0 Å². The van der Waals surface area contributed by atoms with Crippen LogP contribution in [0.5, 0.6) is 0 Å². The lowest BCUT2D eigenvalue weighted by Gasteiger charge is -2.15. The fourth-order valence-corrected chi connectivity index (χ4v) is 1.01. The number of hydrogen-bond acceptors (Lipinski definition) is 2. The van der Waals surface area contributed by atoms with E-state index >= 15 is 0 Å². The Kier molecular flexibility index (Phi) is 4.72. The van der Waals surface area contributed by atoms with Crippen LogP contribution in [0.2, 0.25) is 0 Å². The van der Waals surface area contributed by atoms with Crippen molar-refractivity contribution in [3.63, 3.8) is 0 Å². The Morgan fingerprint density at radius 1 is 1.31 bits per heavy atom. The van der Waals surface area contributed by atoms with E-state index in [2.05, 4.69) is 0 Å². The maximum Gasteiger partial charge on any atom is 0.407 e. The quantitative estimate of drug-likeness (QED) is 0.784. The van der Waals surface area contributed by atoms with Gasteiger partial charge >= 0.3 is 6.18 Å². The molecule has 1 aromatic rings. The minimum Gasteiger partial charge on any atom is -0.316 e. The van der Waals surface area contributed by atoms with Gasteiger partial charge in [-0.05, 0) is 17.7 Å². The number of nitrogens with two attached hydrogens (primary N) is 1. The van der Waals surface area contributed by atoms with Gasteiger partial charge in [-0.3, -0.25) is 0 Å². The largest absolute Gasteiger partial charge is 0.407 e. The second-order valence-corrected chi connectivity index (χ2v) is 2.87.